The Morgan fingerprint density at radius 3 is 2.68 bits per heavy atom. The molecule has 0 fully saturated rings. The normalized spacial score (nSPS) is 10.2. The highest BCUT2D eigenvalue weighted by atomic mass is 16.5. The lowest BCUT2D eigenvalue weighted by Gasteiger charge is -2.13. The Morgan fingerprint density at radius 1 is 1.26 bits per heavy atom. The Morgan fingerprint density at radius 2 is 2.05 bits per heavy atom. The molecule has 19 heavy (non-hydrogen) atoms. The molecule has 0 N–H and O–H groups in total. The second-order valence-electron chi connectivity index (χ2n) is 4.20. The van der Waals surface area contributed by atoms with Crippen LogP contribution in [-0.2, 0) is 11.2 Å². The first-order valence-corrected chi connectivity index (χ1v) is 6.05. The highest BCUT2D eigenvalue weighted by molar-refractivity contribution is 5.95. The van der Waals surface area contributed by atoms with Gasteiger partial charge in [0, 0.05) is 17.7 Å². The van der Waals surface area contributed by atoms with Crippen LogP contribution >= 0.6 is 0 Å². The third-order valence-electron chi connectivity index (χ3n) is 2.88. The summed E-state index contributed by atoms with van der Waals surface area (Å²) in [5, 5.41) is 1.79. The number of carbonyl (C=O) groups excluding carboxylic acids is 1. The molecule has 0 amide bonds. The lowest BCUT2D eigenvalue weighted by atomic mass is 10.0. The second-order valence-corrected chi connectivity index (χ2v) is 4.20. The van der Waals surface area contributed by atoms with Gasteiger partial charge in [0.15, 0.2) is 0 Å². The van der Waals surface area contributed by atoms with Crippen LogP contribution in [0.5, 0.6) is 11.5 Å². The number of fused-ring (bicyclic) bond motifs is 1. The van der Waals surface area contributed by atoms with Crippen molar-refractivity contribution in [3.8, 4) is 11.5 Å². The predicted molar refractivity (Wildman–Crippen MR) is 75.7 cm³/mol. The van der Waals surface area contributed by atoms with Gasteiger partial charge in [0.05, 0.1) is 7.11 Å². The zero-order valence-corrected chi connectivity index (χ0v) is 11.1. The molecule has 0 unspecified atom stereocenters. The van der Waals surface area contributed by atoms with Gasteiger partial charge >= 0.3 is 5.97 Å². The van der Waals surface area contributed by atoms with Crippen LogP contribution in [0.1, 0.15) is 12.5 Å². The Hall–Kier alpha value is -2.29. The molecular formula is C16H16O3. The number of allylic oxidation sites excluding steroid dienone is 1. The van der Waals surface area contributed by atoms with E-state index < -0.39 is 0 Å². The maximum atomic E-state index is 11.3. The number of methoxy groups -OCH3 is 1. The van der Waals surface area contributed by atoms with E-state index in [0.29, 0.717) is 12.2 Å². The van der Waals surface area contributed by atoms with Gasteiger partial charge in [0.25, 0.3) is 0 Å². The fourth-order valence-electron chi connectivity index (χ4n) is 2.11. The molecular weight excluding hydrogens is 240 g/mol. The molecule has 0 saturated heterocycles. The van der Waals surface area contributed by atoms with Crippen molar-refractivity contribution in [1.82, 2.24) is 0 Å². The largest absolute Gasteiger partial charge is 0.496 e. The first-order chi connectivity index (χ1) is 9.17. The number of ether oxygens (including phenoxy) is 2. The molecule has 3 nitrogen and oxygen atoms in total. The minimum Gasteiger partial charge on any atom is -0.496 e. The molecule has 2 aromatic carbocycles. The smallest absolute Gasteiger partial charge is 0.308 e. The quantitative estimate of drug-likeness (QED) is 0.477. The van der Waals surface area contributed by atoms with Crippen molar-refractivity contribution in [1.29, 1.82) is 0 Å². The minimum atomic E-state index is -0.333. The van der Waals surface area contributed by atoms with Crippen molar-refractivity contribution in [3.05, 3.63) is 48.6 Å². The van der Waals surface area contributed by atoms with Crippen molar-refractivity contribution in [2.45, 2.75) is 13.3 Å². The standard InChI is InChI=1S/C16H16O3/c1-4-6-12-9-10-13-14(16(12)19-11(2)17)7-5-8-15(13)18-3/h4-5,7-10H,1,6H2,2-3H3. The number of hydrogen-bond donors (Lipinski definition) is 0. The van der Waals surface area contributed by atoms with Crippen LogP contribution in [0, 0.1) is 0 Å². The molecule has 0 radical (unpaired) electrons. The lowest BCUT2D eigenvalue weighted by Crippen LogP contribution is -2.04. The van der Waals surface area contributed by atoms with Crippen LogP contribution in [0.2, 0.25) is 0 Å². The summed E-state index contributed by atoms with van der Waals surface area (Å²) in [7, 11) is 1.62. The first kappa shape index (κ1) is 13.1. The van der Waals surface area contributed by atoms with E-state index in [2.05, 4.69) is 6.58 Å². The van der Waals surface area contributed by atoms with Gasteiger partial charge in [-0.2, -0.15) is 0 Å². The molecule has 98 valence electrons. The van der Waals surface area contributed by atoms with Gasteiger partial charge in [0.1, 0.15) is 11.5 Å². The van der Waals surface area contributed by atoms with Crippen molar-refractivity contribution in [2.75, 3.05) is 7.11 Å². The Kier molecular flexibility index (Phi) is 3.85. The van der Waals surface area contributed by atoms with E-state index in [0.717, 1.165) is 22.1 Å². The van der Waals surface area contributed by atoms with E-state index in [9.17, 15) is 4.79 Å². The van der Waals surface area contributed by atoms with Crippen LogP contribution < -0.4 is 9.47 Å². The summed E-state index contributed by atoms with van der Waals surface area (Å²) in [4.78, 5) is 11.3. The molecule has 0 aliphatic heterocycles. The summed E-state index contributed by atoms with van der Waals surface area (Å²) in [5.41, 5.74) is 0.936. The first-order valence-electron chi connectivity index (χ1n) is 6.05. The molecule has 0 spiro atoms. The van der Waals surface area contributed by atoms with Crippen molar-refractivity contribution >= 4 is 16.7 Å². The van der Waals surface area contributed by atoms with E-state index in [-0.39, 0.29) is 5.97 Å². The summed E-state index contributed by atoms with van der Waals surface area (Å²) in [6.07, 6.45) is 2.43. The predicted octanol–water partition coefficient (Wildman–Crippen LogP) is 3.50. The molecule has 0 bridgehead atoms. The molecule has 0 heterocycles. The topological polar surface area (TPSA) is 35.5 Å². The third-order valence-corrected chi connectivity index (χ3v) is 2.88. The van der Waals surface area contributed by atoms with Crippen LogP contribution in [0.3, 0.4) is 0 Å². The average molecular weight is 256 g/mol. The summed E-state index contributed by atoms with van der Waals surface area (Å²) < 4.78 is 10.7. The molecule has 0 aliphatic carbocycles. The fourth-order valence-corrected chi connectivity index (χ4v) is 2.11. The van der Waals surface area contributed by atoms with Crippen LogP contribution in [0.25, 0.3) is 10.8 Å². The van der Waals surface area contributed by atoms with Gasteiger partial charge in [0.2, 0.25) is 0 Å². The number of carbonyl (C=O) groups is 1. The SMILES string of the molecule is C=CCc1ccc2c(OC)cccc2c1OC(C)=O. The van der Waals surface area contributed by atoms with Crippen LogP contribution in [-0.4, -0.2) is 13.1 Å². The molecule has 0 aromatic heterocycles. The zero-order chi connectivity index (χ0) is 13.8. The highest BCUT2D eigenvalue weighted by Gasteiger charge is 2.12. The van der Waals surface area contributed by atoms with E-state index in [1.54, 1.807) is 13.2 Å². The van der Waals surface area contributed by atoms with Gasteiger partial charge in [-0.25, -0.2) is 0 Å². The van der Waals surface area contributed by atoms with Crippen molar-refractivity contribution < 1.29 is 14.3 Å². The zero-order valence-electron chi connectivity index (χ0n) is 11.1. The van der Waals surface area contributed by atoms with E-state index >= 15 is 0 Å². The molecule has 0 saturated carbocycles. The van der Waals surface area contributed by atoms with E-state index in [1.165, 1.54) is 6.92 Å². The van der Waals surface area contributed by atoms with Crippen LogP contribution in [0.15, 0.2) is 43.0 Å². The summed E-state index contributed by atoms with van der Waals surface area (Å²) >= 11 is 0. The van der Waals surface area contributed by atoms with Crippen LogP contribution in [0.4, 0.5) is 0 Å². The van der Waals surface area contributed by atoms with E-state index in [4.69, 9.17) is 9.47 Å². The van der Waals surface area contributed by atoms with Gasteiger partial charge in [-0.3, -0.25) is 4.79 Å². The Balaban J connectivity index is 2.71. The summed E-state index contributed by atoms with van der Waals surface area (Å²) in [5.74, 6) is 1.01. The Bertz CT molecular complexity index is 629. The number of rotatable bonds is 4. The maximum absolute atomic E-state index is 11.3. The Labute approximate surface area is 112 Å². The molecule has 2 aromatic rings. The highest BCUT2D eigenvalue weighted by Crippen LogP contribution is 2.35. The van der Waals surface area contributed by atoms with Gasteiger partial charge in [-0.1, -0.05) is 30.3 Å². The number of benzene rings is 2. The summed E-state index contributed by atoms with van der Waals surface area (Å²) in [6.45, 7) is 5.12. The van der Waals surface area contributed by atoms with Crippen molar-refractivity contribution in [2.24, 2.45) is 0 Å². The lowest BCUT2D eigenvalue weighted by molar-refractivity contribution is -0.131. The molecule has 0 aliphatic rings. The maximum Gasteiger partial charge on any atom is 0.308 e. The fraction of sp³-hybridized carbons (Fsp3) is 0.188. The number of hydrogen-bond acceptors (Lipinski definition) is 3. The van der Waals surface area contributed by atoms with Crippen molar-refractivity contribution in [3.63, 3.8) is 0 Å². The molecule has 3 heteroatoms. The molecule has 0 atom stereocenters. The summed E-state index contributed by atoms with van der Waals surface area (Å²) in [6, 6.07) is 9.59. The molecule has 2 rings (SSSR count). The monoisotopic (exact) mass is 256 g/mol. The van der Waals surface area contributed by atoms with Gasteiger partial charge < -0.3 is 9.47 Å². The van der Waals surface area contributed by atoms with Gasteiger partial charge in [-0.05, 0) is 18.1 Å². The van der Waals surface area contributed by atoms with Gasteiger partial charge in [-0.15, -0.1) is 6.58 Å². The number of esters is 1. The van der Waals surface area contributed by atoms with E-state index in [1.807, 2.05) is 30.3 Å². The minimum absolute atomic E-state index is 0.333. The second kappa shape index (κ2) is 5.57. The third kappa shape index (κ3) is 2.60. The average Bonchev–Trinajstić information content (AvgIpc) is 2.40.